The molecule has 0 N–H and O–H groups in total. The number of halogens is 2. The minimum absolute atomic E-state index is 0.371. The summed E-state index contributed by atoms with van der Waals surface area (Å²) in [5.41, 5.74) is 1.60. The van der Waals surface area contributed by atoms with Crippen LogP contribution in [0.15, 0.2) is 46.6 Å². The summed E-state index contributed by atoms with van der Waals surface area (Å²) in [6.07, 6.45) is 1.53. The van der Waals surface area contributed by atoms with Gasteiger partial charge in [0.25, 0.3) is 0 Å². The molecule has 4 aromatic rings. The SMILES string of the molecule is Fc1cc2ncn(Cc3cc(-c4cccs4)on3)c2cc1F. The standard InChI is InChI=1S/C15H9F2N3OS/c16-10-5-12-13(6-11(10)17)20(8-18-12)7-9-4-14(21-19-9)15-2-1-3-22-15/h1-6,8H,7H2. The molecular weight excluding hydrogens is 308 g/mol. The lowest BCUT2D eigenvalue weighted by Crippen LogP contribution is -1.98. The van der Waals surface area contributed by atoms with Crippen LogP contribution in [-0.2, 0) is 6.54 Å². The number of aromatic nitrogens is 3. The number of hydrogen-bond acceptors (Lipinski definition) is 4. The number of hydrogen-bond donors (Lipinski definition) is 0. The molecule has 0 atom stereocenters. The van der Waals surface area contributed by atoms with E-state index < -0.39 is 11.6 Å². The maximum absolute atomic E-state index is 13.4. The molecule has 0 fully saturated rings. The molecule has 0 aliphatic carbocycles. The lowest BCUT2D eigenvalue weighted by molar-refractivity contribution is 0.422. The first-order chi connectivity index (χ1) is 10.7. The molecule has 0 unspecified atom stereocenters. The maximum atomic E-state index is 13.4. The van der Waals surface area contributed by atoms with Gasteiger partial charge in [-0.1, -0.05) is 11.2 Å². The van der Waals surface area contributed by atoms with E-state index in [2.05, 4.69) is 10.1 Å². The molecule has 22 heavy (non-hydrogen) atoms. The van der Waals surface area contributed by atoms with Gasteiger partial charge in [0.2, 0.25) is 0 Å². The summed E-state index contributed by atoms with van der Waals surface area (Å²) in [4.78, 5) is 5.06. The molecule has 7 heteroatoms. The number of thiophene rings is 1. The third-order valence-electron chi connectivity index (χ3n) is 3.32. The monoisotopic (exact) mass is 317 g/mol. The van der Waals surface area contributed by atoms with Crippen LogP contribution in [0.2, 0.25) is 0 Å². The fourth-order valence-electron chi connectivity index (χ4n) is 2.28. The van der Waals surface area contributed by atoms with Crippen molar-refractivity contribution in [2.45, 2.75) is 6.54 Å². The maximum Gasteiger partial charge on any atom is 0.177 e. The Morgan fingerprint density at radius 1 is 1.18 bits per heavy atom. The highest BCUT2D eigenvalue weighted by Crippen LogP contribution is 2.26. The van der Waals surface area contributed by atoms with E-state index >= 15 is 0 Å². The smallest absolute Gasteiger partial charge is 0.177 e. The molecule has 3 heterocycles. The zero-order valence-corrected chi connectivity index (χ0v) is 12.0. The lowest BCUT2D eigenvalue weighted by atomic mass is 10.3. The highest BCUT2D eigenvalue weighted by molar-refractivity contribution is 7.13. The average Bonchev–Trinajstić information content (AvgIpc) is 3.22. The number of imidazole rings is 1. The second kappa shape index (κ2) is 5.03. The molecule has 0 bridgehead atoms. The Labute approximate surface area is 127 Å². The van der Waals surface area contributed by atoms with Crippen LogP contribution < -0.4 is 0 Å². The van der Waals surface area contributed by atoms with E-state index in [1.807, 2.05) is 23.6 Å². The first kappa shape index (κ1) is 13.1. The van der Waals surface area contributed by atoms with Crippen molar-refractivity contribution in [2.75, 3.05) is 0 Å². The molecule has 110 valence electrons. The predicted octanol–water partition coefficient (Wildman–Crippen LogP) is 4.08. The minimum Gasteiger partial charge on any atom is -0.355 e. The Bertz CT molecular complexity index is 943. The number of rotatable bonds is 3. The van der Waals surface area contributed by atoms with Crippen molar-refractivity contribution in [1.29, 1.82) is 0 Å². The summed E-state index contributed by atoms with van der Waals surface area (Å²) < 4.78 is 33.6. The second-order valence-corrected chi connectivity index (χ2v) is 5.73. The van der Waals surface area contributed by atoms with Crippen LogP contribution in [0.25, 0.3) is 21.7 Å². The fourth-order valence-corrected chi connectivity index (χ4v) is 2.95. The van der Waals surface area contributed by atoms with Gasteiger partial charge in [0.05, 0.1) is 28.8 Å². The molecule has 0 aliphatic heterocycles. The van der Waals surface area contributed by atoms with Gasteiger partial charge in [0.15, 0.2) is 17.4 Å². The topological polar surface area (TPSA) is 43.9 Å². The summed E-state index contributed by atoms with van der Waals surface area (Å²) in [7, 11) is 0. The van der Waals surface area contributed by atoms with E-state index in [0.717, 1.165) is 17.0 Å². The van der Waals surface area contributed by atoms with E-state index in [1.54, 1.807) is 15.9 Å². The van der Waals surface area contributed by atoms with Crippen LogP contribution in [-0.4, -0.2) is 14.7 Å². The molecule has 0 saturated carbocycles. The highest BCUT2D eigenvalue weighted by atomic mass is 32.1. The largest absolute Gasteiger partial charge is 0.355 e. The summed E-state index contributed by atoms with van der Waals surface area (Å²) >= 11 is 1.56. The van der Waals surface area contributed by atoms with Crippen LogP contribution >= 0.6 is 11.3 Å². The van der Waals surface area contributed by atoms with Crippen molar-refractivity contribution in [1.82, 2.24) is 14.7 Å². The van der Waals surface area contributed by atoms with Crippen molar-refractivity contribution < 1.29 is 13.3 Å². The van der Waals surface area contributed by atoms with Gasteiger partial charge in [-0.05, 0) is 11.4 Å². The van der Waals surface area contributed by atoms with Crippen molar-refractivity contribution >= 4 is 22.4 Å². The van der Waals surface area contributed by atoms with Crippen molar-refractivity contribution in [3.8, 4) is 10.6 Å². The Morgan fingerprint density at radius 3 is 2.86 bits per heavy atom. The number of benzene rings is 1. The van der Waals surface area contributed by atoms with Gasteiger partial charge in [-0.3, -0.25) is 0 Å². The van der Waals surface area contributed by atoms with E-state index in [9.17, 15) is 8.78 Å². The van der Waals surface area contributed by atoms with E-state index in [4.69, 9.17) is 4.52 Å². The van der Waals surface area contributed by atoms with Gasteiger partial charge in [-0.15, -0.1) is 11.3 Å². The van der Waals surface area contributed by atoms with Crippen LogP contribution in [0.3, 0.4) is 0 Å². The summed E-state index contributed by atoms with van der Waals surface area (Å²) in [6, 6.07) is 7.93. The van der Waals surface area contributed by atoms with Gasteiger partial charge >= 0.3 is 0 Å². The molecule has 0 spiro atoms. The van der Waals surface area contributed by atoms with Gasteiger partial charge in [-0.2, -0.15) is 0 Å². The van der Waals surface area contributed by atoms with Gasteiger partial charge < -0.3 is 9.09 Å². The van der Waals surface area contributed by atoms with Crippen LogP contribution in [0.1, 0.15) is 5.69 Å². The van der Waals surface area contributed by atoms with E-state index in [0.29, 0.717) is 29.0 Å². The summed E-state index contributed by atoms with van der Waals surface area (Å²) in [6.45, 7) is 0.371. The molecule has 0 aliphatic rings. The van der Waals surface area contributed by atoms with Gasteiger partial charge in [0.1, 0.15) is 5.69 Å². The normalized spacial score (nSPS) is 11.4. The van der Waals surface area contributed by atoms with Crippen LogP contribution in [0.4, 0.5) is 8.78 Å². The van der Waals surface area contributed by atoms with Crippen LogP contribution in [0.5, 0.6) is 0 Å². The fraction of sp³-hybridized carbons (Fsp3) is 0.0667. The van der Waals surface area contributed by atoms with E-state index in [-0.39, 0.29) is 0 Å². The third kappa shape index (κ3) is 2.19. The highest BCUT2D eigenvalue weighted by Gasteiger charge is 2.12. The average molecular weight is 317 g/mol. The number of fused-ring (bicyclic) bond motifs is 1. The van der Waals surface area contributed by atoms with E-state index in [1.165, 1.54) is 6.33 Å². The van der Waals surface area contributed by atoms with Crippen molar-refractivity contribution in [3.63, 3.8) is 0 Å². The first-order valence-corrected chi connectivity index (χ1v) is 7.38. The summed E-state index contributed by atoms with van der Waals surface area (Å²) in [5.74, 6) is -1.11. The molecule has 0 radical (unpaired) electrons. The Morgan fingerprint density at radius 2 is 2.05 bits per heavy atom. The molecule has 0 saturated heterocycles. The quantitative estimate of drug-likeness (QED) is 0.572. The lowest BCUT2D eigenvalue weighted by Gasteiger charge is -2.01. The zero-order chi connectivity index (χ0) is 15.1. The van der Waals surface area contributed by atoms with Gasteiger partial charge in [-0.25, -0.2) is 13.8 Å². The molecule has 4 rings (SSSR count). The molecule has 3 aromatic heterocycles. The third-order valence-corrected chi connectivity index (χ3v) is 4.20. The first-order valence-electron chi connectivity index (χ1n) is 6.50. The van der Waals surface area contributed by atoms with Crippen molar-refractivity contribution in [3.05, 3.63) is 59.4 Å². The Hall–Kier alpha value is -2.54. The van der Waals surface area contributed by atoms with Crippen molar-refractivity contribution in [2.24, 2.45) is 0 Å². The zero-order valence-electron chi connectivity index (χ0n) is 11.2. The molecule has 1 aromatic carbocycles. The number of nitrogens with zero attached hydrogens (tertiary/aromatic N) is 3. The predicted molar refractivity (Wildman–Crippen MR) is 78.6 cm³/mol. The summed E-state index contributed by atoms with van der Waals surface area (Å²) in [5, 5.41) is 5.97. The Balaban J connectivity index is 1.68. The molecule has 0 amide bonds. The molecule has 4 nitrogen and oxygen atoms in total. The molecular formula is C15H9F2N3OS. The van der Waals surface area contributed by atoms with Crippen LogP contribution in [0, 0.1) is 11.6 Å². The Kier molecular flexibility index (Phi) is 3.00. The van der Waals surface area contributed by atoms with Gasteiger partial charge in [0, 0.05) is 18.2 Å². The second-order valence-electron chi connectivity index (χ2n) is 4.79. The minimum atomic E-state index is -0.904.